The number of furan rings is 1. The van der Waals surface area contributed by atoms with Crippen LogP contribution in [0.2, 0.25) is 0 Å². The van der Waals surface area contributed by atoms with Crippen molar-refractivity contribution in [3.05, 3.63) is 69.5 Å². The van der Waals surface area contributed by atoms with Crippen LogP contribution in [0.4, 0.5) is 4.39 Å². The number of hydrogen-bond acceptors (Lipinski definition) is 7. The van der Waals surface area contributed by atoms with Crippen LogP contribution in [-0.2, 0) is 10.5 Å². The van der Waals surface area contributed by atoms with Crippen molar-refractivity contribution in [3.63, 3.8) is 0 Å². The van der Waals surface area contributed by atoms with Crippen molar-refractivity contribution >= 4 is 39.3 Å². The van der Waals surface area contributed by atoms with E-state index in [4.69, 9.17) is 4.42 Å². The molecule has 0 aliphatic rings. The summed E-state index contributed by atoms with van der Waals surface area (Å²) in [6.07, 6.45) is 1.41. The molecule has 0 aliphatic carbocycles. The number of aromatic amines is 1. The largest absolute Gasteiger partial charge is 0.463 e. The maximum Gasteiger partial charge on any atom is 0.374 e. The number of hydrogen-bond donors (Lipinski definition) is 1. The number of benzene rings is 1. The first-order valence-electron chi connectivity index (χ1n) is 8.11. The van der Waals surface area contributed by atoms with Gasteiger partial charge in [0.25, 0.3) is 5.56 Å². The fraction of sp³-hybridized carbons (Fsp3) is 0.105. The summed E-state index contributed by atoms with van der Waals surface area (Å²) in [5.41, 5.74) is 1.85. The molecule has 1 N–H and O–H groups in total. The standard InChI is InChI=1S/C19H13FN2O4S2/c1-25-18(24)15-11(6-7-26-15)8-28-19-21-16(23)14-13(9-27-17(14)22-19)10-2-4-12(20)5-3-10/h2-7,9H,8H2,1H3,(H,21,22,23). The van der Waals surface area contributed by atoms with Crippen molar-refractivity contribution in [2.45, 2.75) is 10.9 Å². The quantitative estimate of drug-likeness (QED) is 0.294. The Labute approximate surface area is 166 Å². The summed E-state index contributed by atoms with van der Waals surface area (Å²) in [6, 6.07) is 7.65. The smallest absolute Gasteiger partial charge is 0.374 e. The van der Waals surface area contributed by atoms with Gasteiger partial charge in [-0.25, -0.2) is 14.2 Å². The summed E-state index contributed by atoms with van der Waals surface area (Å²) in [5.74, 6) is -0.376. The lowest BCUT2D eigenvalue weighted by Crippen LogP contribution is -2.09. The first kappa shape index (κ1) is 18.5. The predicted molar refractivity (Wildman–Crippen MR) is 105 cm³/mol. The van der Waals surface area contributed by atoms with Gasteiger partial charge in [-0.3, -0.25) is 4.79 Å². The molecule has 0 unspecified atom stereocenters. The Morgan fingerprint density at radius 1 is 1.32 bits per heavy atom. The molecule has 0 fully saturated rings. The summed E-state index contributed by atoms with van der Waals surface area (Å²) >= 11 is 2.62. The van der Waals surface area contributed by atoms with E-state index in [1.807, 2.05) is 5.38 Å². The van der Waals surface area contributed by atoms with Gasteiger partial charge in [0.2, 0.25) is 5.76 Å². The Bertz CT molecular complexity index is 1210. The van der Waals surface area contributed by atoms with Crippen molar-refractivity contribution in [1.82, 2.24) is 9.97 Å². The number of esters is 1. The minimum atomic E-state index is -0.556. The highest BCUT2D eigenvalue weighted by molar-refractivity contribution is 7.98. The predicted octanol–water partition coefficient (Wildman–Crippen LogP) is 4.46. The number of ether oxygens (including phenoxy) is 1. The van der Waals surface area contributed by atoms with E-state index in [2.05, 4.69) is 14.7 Å². The van der Waals surface area contributed by atoms with Gasteiger partial charge in [-0.15, -0.1) is 11.3 Å². The number of H-pyrrole nitrogens is 1. The van der Waals surface area contributed by atoms with Crippen LogP contribution in [0.3, 0.4) is 0 Å². The van der Waals surface area contributed by atoms with Crippen molar-refractivity contribution < 1.29 is 18.3 Å². The highest BCUT2D eigenvalue weighted by atomic mass is 32.2. The number of aromatic nitrogens is 2. The highest BCUT2D eigenvalue weighted by Gasteiger charge is 2.17. The minimum Gasteiger partial charge on any atom is -0.463 e. The molecular formula is C19H13FN2O4S2. The molecule has 0 atom stereocenters. The molecule has 0 saturated carbocycles. The van der Waals surface area contributed by atoms with Crippen LogP contribution in [0, 0.1) is 5.82 Å². The zero-order valence-electron chi connectivity index (χ0n) is 14.5. The average Bonchev–Trinajstić information content (AvgIpc) is 3.33. The lowest BCUT2D eigenvalue weighted by molar-refractivity contribution is 0.0564. The molecule has 0 saturated heterocycles. The van der Waals surface area contributed by atoms with Crippen molar-refractivity contribution in [2.24, 2.45) is 0 Å². The van der Waals surface area contributed by atoms with Crippen molar-refractivity contribution in [2.75, 3.05) is 7.11 Å². The molecule has 0 spiro atoms. The van der Waals surface area contributed by atoms with Crippen molar-refractivity contribution in [3.8, 4) is 11.1 Å². The van der Waals surface area contributed by atoms with E-state index in [1.54, 1.807) is 18.2 Å². The third-order valence-electron chi connectivity index (χ3n) is 4.06. The lowest BCUT2D eigenvalue weighted by atomic mass is 10.1. The van der Waals surface area contributed by atoms with E-state index in [0.29, 0.717) is 32.3 Å². The molecular weight excluding hydrogens is 403 g/mol. The van der Waals surface area contributed by atoms with E-state index < -0.39 is 5.97 Å². The summed E-state index contributed by atoms with van der Waals surface area (Å²) in [4.78, 5) is 32.2. The van der Waals surface area contributed by atoms with Gasteiger partial charge in [0.1, 0.15) is 10.6 Å². The second-order valence-electron chi connectivity index (χ2n) is 5.76. The SMILES string of the molecule is COC(=O)c1occc1CSc1nc2scc(-c3ccc(F)cc3)c2c(=O)[nH]1. The normalized spacial score (nSPS) is 11.1. The Morgan fingerprint density at radius 3 is 2.86 bits per heavy atom. The topological polar surface area (TPSA) is 85.2 Å². The molecule has 0 aliphatic heterocycles. The number of carbonyl (C=O) groups excluding carboxylic acids is 1. The number of carbonyl (C=O) groups is 1. The van der Waals surface area contributed by atoms with Gasteiger partial charge in [-0.05, 0) is 23.8 Å². The minimum absolute atomic E-state index is 0.133. The molecule has 0 bridgehead atoms. The number of nitrogens with zero attached hydrogens (tertiary/aromatic N) is 1. The zero-order valence-corrected chi connectivity index (χ0v) is 16.2. The van der Waals surface area contributed by atoms with Gasteiger partial charge >= 0.3 is 5.97 Å². The third-order valence-corrected chi connectivity index (χ3v) is 5.85. The molecule has 6 nitrogen and oxygen atoms in total. The molecule has 0 amide bonds. The molecule has 1 aromatic carbocycles. The van der Waals surface area contributed by atoms with Crippen LogP contribution in [0.1, 0.15) is 16.1 Å². The van der Waals surface area contributed by atoms with Crippen LogP contribution >= 0.6 is 23.1 Å². The van der Waals surface area contributed by atoms with E-state index in [1.165, 1.54) is 48.6 Å². The van der Waals surface area contributed by atoms with Crippen LogP contribution in [-0.4, -0.2) is 23.0 Å². The number of thioether (sulfide) groups is 1. The Morgan fingerprint density at radius 2 is 2.11 bits per heavy atom. The summed E-state index contributed by atoms with van der Waals surface area (Å²) in [6.45, 7) is 0. The number of halogens is 1. The summed E-state index contributed by atoms with van der Waals surface area (Å²) in [5, 5.41) is 2.74. The van der Waals surface area contributed by atoms with Gasteiger partial charge in [-0.2, -0.15) is 0 Å². The number of fused-ring (bicyclic) bond motifs is 1. The van der Waals surface area contributed by atoms with Crippen LogP contribution in [0.25, 0.3) is 21.3 Å². The number of thiophene rings is 1. The second-order valence-corrected chi connectivity index (χ2v) is 7.58. The molecule has 4 aromatic rings. The van der Waals surface area contributed by atoms with Crippen LogP contribution in [0.15, 0.2) is 56.3 Å². The van der Waals surface area contributed by atoms with E-state index in [-0.39, 0.29) is 17.1 Å². The molecule has 142 valence electrons. The van der Waals surface area contributed by atoms with E-state index in [0.717, 1.165) is 5.56 Å². The molecule has 3 aromatic heterocycles. The van der Waals surface area contributed by atoms with E-state index in [9.17, 15) is 14.0 Å². The molecule has 4 rings (SSSR count). The molecule has 28 heavy (non-hydrogen) atoms. The van der Waals surface area contributed by atoms with Crippen molar-refractivity contribution in [1.29, 1.82) is 0 Å². The fourth-order valence-electron chi connectivity index (χ4n) is 2.71. The molecule has 0 radical (unpaired) electrons. The fourth-order valence-corrected chi connectivity index (χ4v) is 4.55. The number of methoxy groups -OCH3 is 1. The Balaban J connectivity index is 1.62. The first-order valence-corrected chi connectivity index (χ1v) is 9.98. The van der Waals surface area contributed by atoms with Gasteiger partial charge in [0, 0.05) is 22.3 Å². The van der Waals surface area contributed by atoms with Gasteiger partial charge in [0.05, 0.1) is 18.8 Å². The maximum absolute atomic E-state index is 13.2. The third kappa shape index (κ3) is 3.46. The Hall–Kier alpha value is -2.91. The molecule has 3 heterocycles. The zero-order chi connectivity index (χ0) is 19.7. The second kappa shape index (κ2) is 7.61. The lowest BCUT2D eigenvalue weighted by Gasteiger charge is -2.03. The van der Waals surface area contributed by atoms with Gasteiger partial charge in [-0.1, -0.05) is 23.9 Å². The maximum atomic E-state index is 13.2. The first-order chi connectivity index (χ1) is 13.6. The van der Waals surface area contributed by atoms with Gasteiger partial charge < -0.3 is 14.1 Å². The van der Waals surface area contributed by atoms with E-state index >= 15 is 0 Å². The molecule has 9 heteroatoms. The highest BCUT2D eigenvalue weighted by Crippen LogP contribution is 2.32. The number of rotatable bonds is 5. The number of nitrogens with one attached hydrogen (secondary N) is 1. The van der Waals surface area contributed by atoms with Gasteiger partial charge in [0.15, 0.2) is 5.16 Å². The average molecular weight is 416 g/mol. The summed E-state index contributed by atoms with van der Waals surface area (Å²) in [7, 11) is 1.28. The monoisotopic (exact) mass is 416 g/mol. The summed E-state index contributed by atoms with van der Waals surface area (Å²) < 4.78 is 23.0. The van der Waals surface area contributed by atoms with Crippen LogP contribution < -0.4 is 5.56 Å². The van der Waals surface area contributed by atoms with Crippen LogP contribution in [0.5, 0.6) is 0 Å². The Kier molecular flexibility index (Phi) is 5.01.